The second-order valence-electron chi connectivity index (χ2n) is 5.36. The number of methoxy groups -OCH3 is 1. The lowest BCUT2D eigenvalue weighted by Gasteiger charge is -2.33. The Morgan fingerprint density at radius 2 is 2.08 bits per heavy atom. The summed E-state index contributed by atoms with van der Waals surface area (Å²) in [5, 5.41) is 0. The number of likely N-dealkylation sites (N-methyl/N-ethyl adjacent to an activating group) is 1. The number of nitrogens with zero attached hydrogens (tertiary/aromatic N) is 2. The van der Waals surface area contributed by atoms with E-state index >= 15 is 0 Å². The van der Waals surface area contributed by atoms with Gasteiger partial charge in [0.15, 0.2) is 0 Å². The molecule has 0 aliphatic rings. The predicted octanol–water partition coefficient (Wildman–Crippen LogP) is 3.33. The van der Waals surface area contributed by atoms with E-state index in [4.69, 9.17) is 4.74 Å². The monoisotopic (exact) mass is 334 g/mol. The van der Waals surface area contributed by atoms with Crippen LogP contribution in [-0.4, -0.2) is 35.5 Å². The lowest BCUT2D eigenvalue weighted by Crippen LogP contribution is -2.41. The molecule has 0 saturated heterocycles. The first-order valence-electron chi connectivity index (χ1n) is 7.67. The van der Waals surface area contributed by atoms with Crippen molar-refractivity contribution >= 4 is 5.91 Å². The zero-order valence-corrected chi connectivity index (χ0v) is 13.9. The Balaban J connectivity index is 2.56. The SMILES string of the molecule is CCN(C(=O)[C@@H](C)OC)[C@H](c1cccnc1)c1ccc(F)cc1F. The number of carbonyl (C=O) groups is 1. The first-order chi connectivity index (χ1) is 11.5. The molecule has 0 spiro atoms. The van der Waals surface area contributed by atoms with Crippen LogP contribution in [0.1, 0.15) is 31.0 Å². The molecular formula is C18H20F2N2O2. The molecule has 2 atom stereocenters. The Morgan fingerprint density at radius 1 is 1.33 bits per heavy atom. The third kappa shape index (κ3) is 3.76. The van der Waals surface area contributed by atoms with Gasteiger partial charge in [-0.1, -0.05) is 12.1 Å². The molecule has 4 nitrogen and oxygen atoms in total. The number of ether oxygens (including phenoxy) is 1. The zero-order valence-electron chi connectivity index (χ0n) is 13.9. The Hall–Kier alpha value is -2.34. The maximum atomic E-state index is 14.4. The summed E-state index contributed by atoms with van der Waals surface area (Å²) in [4.78, 5) is 18.2. The molecule has 1 aromatic heterocycles. The number of amides is 1. The van der Waals surface area contributed by atoms with Crippen LogP contribution in [-0.2, 0) is 9.53 Å². The van der Waals surface area contributed by atoms with Gasteiger partial charge >= 0.3 is 0 Å². The molecule has 2 aromatic rings. The molecular weight excluding hydrogens is 314 g/mol. The van der Waals surface area contributed by atoms with Crippen molar-refractivity contribution in [2.45, 2.75) is 26.0 Å². The Labute approximate surface area is 140 Å². The first-order valence-corrected chi connectivity index (χ1v) is 7.67. The minimum absolute atomic E-state index is 0.211. The Bertz CT molecular complexity index is 695. The highest BCUT2D eigenvalue weighted by Gasteiger charge is 2.30. The molecule has 1 heterocycles. The fraction of sp³-hybridized carbons (Fsp3) is 0.333. The summed E-state index contributed by atoms with van der Waals surface area (Å²) in [5.74, 6) is -1.65. The third-order valence-electron chi connectivity index (χ3n) is 3.89. The standard InChI is InChI=1S/C18H20F2N2O2/c1-4-22(18(23)12(2)24-3)17(13-6-5-9-21-11-13)15-8-7-14(19)10-16(15)20/h5-12,17H,4H2,1-3H3/t12-,17-/m1/s1. The lowest BCUT2D eigenvalue weighted by atomic mass is 9.97. The van der Waals surface area contributed by atoms with Gasteiger partial charge in [-0.25, -0.2) is 8.78 Å². The summed E-state index contributed by atoms with van der Waals surface area (Å²) < 4.78 is 32.8. The summed E-state index contributed by atoms with van der Waals surface area (Å²) in [5.41, 5.74) is 0.851. The van der Waals surface area contributed by atoms with E-state index in [1.807, 2.05) is 0 Å². The van der Waals surface area contributed by atoms with Crippen LogP contribution in [0, 0.1) is 11.6 Å². The maximum absolute atomic E-state index is 14.4. The van der Waals surface area contributed by atoms with E-state index < -0.39 is 23.8 Å². The second kappa shape index (κ2) is 7.97. The number of pyridine rings is 1. The van der Waals surface area contributed by atoms with Gasteiger partial charge in [0.05, 0.1) is 6.04 Å². The molecule has 0 aliphatic carbocycles. The van der Waals surface area contributed by atoms with Crippen LogP contribution >= 0.6 is 0 Å². The minimum Gasteiger partial charge on any atom is -0.372 e. The number of carbonyl (C=O) groups excluding carboxylic acids is 1. The quantitative estimate of drug-likeness (QED) is 0.814. The molecule has 0 aliphatic heterocycles. The number of benzene rings is 1. The zero-order chi connectivity index (χ0) is 17.7. The molecule has 0 radical (unpaired) electrons. The number of hydrogen-bond acceptors (Lipinski definition) is 3. The Kier molecular flexibility index (Phi) is 5.98. The molecule has 6 heteroatoms. The summed E-state index contributed by atoms with van der Waals surface area (Å²) in [6.45, 7) is 3.76. The van der Waals surface area contributed by atoms with E-state index in [1.54, 1.807) is 38.4 Å². The van der Waals surface area contributed by atoms with Crippen molar-refractivity contribution in [3.8, 4) is 0 Å². The molecule has 2 rings (SSSR count). The topological polar surface area (TPSA) is 42.4 Å². The Morgan fingerprint density at radius 3 is 2.62 bits per heavy atom. The van der Waals surface area contributed by atoms with Gasteiger partial charge in [-0.15, -0.1) is 0 Å². The molecule has 24 heavy (non-hydrogen) atoms. The molecule has 0 unspecified atom stereocenters. The lowest BCUT2D eigenvalue weighted by molar-refractivity contribution is -0.142. The molecule has 0 N–H and O–H groups in total. The van der Waals surface area contributed by atoms with Crippen molar-refractivity contribution in [3.05, 3.63) is 65.5 Å². The fourth-order valence-electron chi connectivity index (χ4n) is 2.59. The van der Waals surface area contributed by atoms with Crippen molar-refractivity contribution in [2.75, 3.05) is 13.7 Å². The number of halogens is 2. The average molecular weight is 334 g/mol. The summed E-state index contributed by atoms with van der Waals surface area (Å²) in [6.07, 6.45) is 2.49. The summed E-state index contributed by atoms with van der Waals surface area (Å²) in [6, 6.07) is 6.11. The van der Waals surface area contributed by atoms with Crippen molar-refractivity contribution in [1.82, 2.24) is 9.88 Å². The highest BCUT2D eigenvalue weighted by Crippen LogP contribution is 2.31. The molecule has 0 fully saturated rings. The van der Waals surface area contributed by atoms with E-state index in [1.165, 1.54) is 24.1 Å². The summed E-state index contributed by atoms with van der Waals surface area (Å²) >= 11 is 0. The number of aromatic nitrogens is 1. The highest BCUT2D eigenvalue weighted by molar-refractivity contribution is 5.81. The van der Waals surface area contributed by atoms with Gasteiger partial charge in [-0.05, 0) is 31.5 Å². The van der Waals surface area contributed by atoms with Gasteiger partial charge in [0.2, 0.25) is 0 Å². The highest BCUT2D eigenvalue weighted by atomic mass is 19.1. The van der Waals surface area contributed by atoms with Crippen molar-refractivity contribution < 1.29 is 18.3 Å². The van der Waals surface area contributed by atoms with Gasteiger partial charge in [0, 0.05) is 37.7 Å². The van der Waals surface area contributed by atoms with E-state index in [0.717, 1.165) is 6.07 Å². The molecule has 0 bridgehead atoms. The number of hydrogen-bond donors (Lipinski definition) is 0. The largest absolute Gasteiger partial charge is 0.372 e. The van der Waals surface area contributed by atoms with Crippen molar-refractivity contribution in [1.29, 1.82) is 0 Å². The van der Waals surface area contributed by atoms with Crippen LogP contribution < -0.4 is 0 Å². The molecule has 0 saturated carbocycles. The van der Waals surface area contributed by atoms with Gasteiger partial charge in [0.25, 0.3) is 5.91 Å². The second-order valence-corrected chi connectivity index (χ2v) is 5.36. The van der Waals surface area contributed by atoms with Crippen molar-refractivity contribution in [2.24, 2.45) is 0 Å². The van der Waals surface area contributed by atoms with Gasteiger partial charge in [0.1, 0.15) is 17.7 Å². The molecule has 1 amide bonds. The maximum Gasteiger partial charge on any atom is 0.252 e. The van der Waals surface area contributed by atoms with Crippen LogP contribution in [0.15, 0.2) is 42.7 Å². The van der Waals surface area contributed by atoms with Gasteiger partial charge < -0.3 is 9.64 Å². The van der Waals surface area contributed by atoms with E-state index in [2.05, 4.69) is 4.98 Å². The van der Waals surface area contributed by atoms with Crippen molar-refractivity contribution in [3.63, 3.8) is 0 Å². The van der Waals surface area contributed by atoms with E-state index in [0.29, 0.717) is 12.1 Å². The molecule has 128 valence electrons. The van der Waals surface area contributed by atoms with Crippen LogP contribution in [0.3, 0.4) is 0 Å². The predicted molar refractivity (Wildman–Crippen MR) is 86.3 cm³/mol. The molecule has 1 aromatic carbocycles. The van der Waals surface area contributed by atoms with Crippen LogP contribution in [0.5, 0.6) is 0 Å². The van der Waals surface area contributed by atoms with Crippen LogP contribution in [0.25, 0.3) is 0 Å². The smallest absolute Gasteiger partial charge is 0.252 e. The fourth-order valence-corrected chi connectivity index (χ4v) is 2.59. The third-order valence-corrected chi connectivity index (χ3v) is 3.89. The first kappa shape index (κ1) is 18.0. The van der Waals surface area contributed by atoms with Crippen LogP contribution in [0.2, 0.25) is 0 Å². The minimum atomic E-state index is -0.714. The summed E-state index contributed by atoms with van der Waals surface area (Å²) in [7, 11) is 1.44. The van der Waals surface area contributed by atoms with Gasteiger partial charge in [-0.2, -0.15) is 0 Å². The van der Waals surface area contributed by atoms with Gasteiger partial charge in [-0.3, -0.25) is 9.78 Å². The average Bonchev–Trinajstić information content (AvgIpc) is 2.60. The number of rotatable bonds is 6. The van der Waals surface area contributed by atoms with E-state index in [9.17, 15) is 13.6 Å². The van der Waals surface area contributed by atoms with E-state index in [-0.39, 0.29) is 11.5 Å². The van der Waals surface area contributed by atoms with Crippen LogP contribution in [0.4, 0.5) is 8.78 Å². The normalized spacial score (nSPS) is 13.4.